The van der Waals surface area contributed by atoms with Crippen molar-refractivity contribution in [2.45, 2.75) is 18.1 Å². The van der Waals surface area contributed by atoms with E-state index in [2.05, 4.69) is 6.58 Å². The first-order valence-corrected chi connectivity index (χ1v) is 4.28. The Morgan fingerprint density at radius 3 is 3.22 bits per heavy atom. The molecule has 1 rings (SSSR count). The zero-order chi connectivity index (χ0) is 6.53. The highest BCUT2D eigenvalue weighted by Crippen LogP contribution is 2.22. The minimum atomic E-state index is 0.739. The van der Waals surface area contributed by atoms with Crippen molar-refractivity contribution in [1.82, 2.24) is 0 Å². The van der Waals surface area contributed by atoms with Crippen LogP contribution in [0.5, 0.6) is 0 Å². The van der Waals surface area contributed by atoms with E-state index in [1.807, 2.05) is 17.8 Å². The maximum Gasteiger partial charge on any atom is 0.0925 e. The fourth-order valence-electron chi connectivity index (χ4n) is 0.842. The Morgan fingerprint density at radius 1 is 1.78 bits per heavy atom. The molecule has 0 spiro atoms. The van der Waals surface area contributed by atoms with Gasteiger partial charge >= 0.3 is 0 Å². The second-order valence-electron chi connectivity index (χ2n) is 2.14. The lowest BCUT2D eigenvalue weighted by Gasteiger charge is -2.01. The molecule has 1 nitrogen and oxygen atoms in total. The van der Waals surface area contributed by atoms with Gasteiger partial charge in [0.05, 0.1) is 12.5 Å². The van der Waals surface area contributed by atoms with Gasteiger partial charge in [-0.2, -0.15) is 0 Å². The zero-order valence-electron chi connectivity index (χ0n) is 5.51. The molecule has 1 aliphatic heterocycles. The quantitative estimate of drug-likeness (QED) is 0.561. The maximum absolute atomic E-state index is 5.18. The molecule has 0 radical (unpaired) electrons. The van der Waals surface area contributed by atoms with Gasteiger partial charge in [-0.1, -0.05) is 6.08 Å². The van der Waals surface area contributed by atoms with Gasteiger partial charge in [0.2, 0.25) is 0 Å². The Bertz CT molecular complexity index is 86.9. The summed E-state index contributed by atoms with van der Waals surface area (Å²) in [5, 5.41) is 0.739. The Morgan fingerprint density at radius 2 is 2.67 bits per heavy atom. The Balaban J connectivity index is 2.04. The minimum absolute atomic E-state index is 0.739. The molecule has 0 aromatic carbocycles. The molecule has 0 amide bonds. The van der Waals surface area contributed by atoms with Crippen molar-refractivity contribution in [3.8, 4) is 0 Å². The molecule has 1 atom stereocenters. The van der Waals surface area contributed by atoms with E-state index in [0.29, 0.717) is 0 Å². The third-order valence-corrected chi connectivity index (χ3v) is 2.53. The van der Waals surface area contributed by atoms with Crippen molar-refractivity contribution in [3.63, 3.8) is 0 Å². The molecule has 0 aromatic heterocycles. The SMILES string of the molecule is C=CCCC1COCS1. The minimum Gasteiger partial charge on any atom is -0.370 e. The fraction of sp³-hybridized carbons (Fsp3) is 0.714. The van der Waals surface area contributed by atoms with Crippen LogP contribution in [0.25, 0.3) is 0 Å². The molecule has 2 heteroatoms. The third kappa shape index (κ3) is 2.41. The Kier molecular flexibility index (Phi) is 3.15. The molecule has 1 aliphatic rings. The van der Waals surface area contributed by atoms with E-state index in [-0.39, 0.29) is 0 Å². The predicted octanol–water partition coefficient (Wildman–Crippen LogP) is 2.04. The van der Waals surface area contributed by atoms with Gasteiger partial charge in [0.25, 0.3) is 0 Å². The van der Waals surface area contributed by atoms with Crippen molar-refractivity contribution >= 4 is 11.8 Å². The van der Waals surface area contributed by atoms with E-state index in [4.69, 9.17) is 4.74 Å². The number of hydrogen-bond acceptors (Lipinski definition) is 2. The van der Waals surface area contributed by atoms with Crippen molar-refractivity contribution < 1.29 is 4.74 Å². The lowest BCUT2D eigenvalue weighted by molar-refractivity contribution is 0.201. The number of ether oxygens (including phenoxy) is 1. The van der Waals surface area contributed by atoms with E-state index in [1.54, 1.807) is 0 Å². The molecular formula is C7H12OS. The number of thioether (sulfide) groups is 1. The molecule has 0 bridgehead atoms. The van der Waals surface area contributed by atoms with Crippen LogP contribution in [0.15, 0.2) is 12.7 Å². The molecule has 1 unspecified atom stereocenters. The molecule has 0 N–H and O–H groups in total. The molecule has 0 aliphatic carbocycles. The average Bonchev–Trinajstić information content (AvgIpc) is 2.34. The lowest BCUT2D eigenvalue weighted by Crippen LogP contribution is -2.01. The molecule has 52 valence electrons. The van der Waals surface area contributed by atoms with Crippen LogP contribution < -0.4 is 0 Å². The fourth-order valence-corrected chi connectivity index (χ4v) is 1.72. The van der Waals surface area contributed by atoms with Crippen molar-refractivity contribution in [2.24, 2.45) is 0 Å². The van der Waals surface area contributed by atoms with Gasteiger partial charge in [-0.15, -0.1) is 18.3 Å². The molecule has 0 saturated carbocycles. The first-order valence-electron chi connectivity index (χ1n) is 3.23. The number of rotatable bonds is 3. The van der Waals surface area contributed by atoms with E-state index < -0.39 is 0 Å². The number of hydrogen-bond donors (Lipinski definition) is 0. The van der Waals surface area contributed by atoms with Crippen molar-refractivity contribution in [3.05, 3.63) is 12.7 Å². The van der Waals surface area contributed by atoms with Crippen LogP contribution in [-0.4, -0.2) is 17.8 Å². The van der Waals surface area contributed by atoms with E-state index in [0.717, 1.165) is 24.2 Å². The Hall–Kier alpha value is 0.0500. The molecule has 9 heavy (non-hydrogen) atoms. The summed E-state index contributed by atoms with van der Waals surface area (Å²) >= 11 is 1.91. The van der Waals surface area contributed by atoms with E-state index >= 15 is 0 Å². The topological polar surface area (TPSA) is 9.23 Å². The normalized spacial score (nSPS) is 26.4. The summed E-state index contributed by atoms with van der Waals surface area (Å²) < 4.78 is 5.18. The molecule has 0 aromatic rings. The van der Waals surface area contributed by atoms with Gasteiger partial charge in [-0.05, 0) is 12.8 Å². The van der Waals surface area contributed by atoms with Crippen LogP contribution in [-0.2, 0) is 4.74 Å². The van der Waals surface area contributed by atoms with Crippen LogP contribution in [0.3, 0.4) is 0 Å². The van der Waals surface area contributed by atoms with Crippen LogP contribution in [0.2, 0.25) is 0 Å². The first-order chi connectivity index (χ1) is 4.43. The highest BCUT2D eigenvalue weighted by atomic mass is 32.2. The zero-order valence-corrected chi connectivity index (χ0v) is 6.32. The monoisotopic (exact) mass is 144 g/mol. The Labute approximate surface area is 60.5 Å². The summed E-state index contributed by atoms with van der Waals surface area (Å²) in [6.07, 6.45) is 4.33. The van der Waals surface area contributed by atoms with Crippen LogP contribution in [0, 0.1) is 0 Å². The highest BCUT2D eigenvalue weighted by Gasteiger charge is 2.14. The summed E-state index contributed by atoms with van der Waals surface area (Å²) in [7, 11) is 0. The van der Waals surface area contributed by atoms with Gasteiger partial charge in [0, 0.05) is 5.25 Å². The smallest absolute Gasteiger partial charge is 0.0925 e. The second-order valence-corrected chi connectivity index (χ2v) is 3.38. The standard InChI is InChI=1S/C7H12OS/c1-2-3-4-7-5-8-6-9-7/h2,7H,1,3-6H2. The average molecular weight is 144 g/mol. The molecular weight excluding hydrogens is 132 g/mol. The largest absolute Gasteiger partial charge is 0.370 e. The van der Waals surface area contributed by atoms with Crippen LogP contribution in [0.1, 0.15) is 12.8 Å². The highest BCUT2D eigenvalue weighted by molar-refractivity contribution is 7.99. The van der Waals surface area contributed by atoms with Gasteiger partial charge in [0.1, 0.15) is 0 Å². The summed E-state index contributed by atoms with van der Waals surface area (Å²) in [5.74, 6) is 0.891. The molecule has 1 fully saturated rings. The van der Waals surface area contributed by atoms with Crippen LogP contribution in [0.4, 0.5) is 0 Å². The predicted molar refractivity (Wildman–Crippen MR) is 41.6 cm³/mol. The van der Waals surface area contributed by atoms with E-state index in [9.17, 15) is 0 Å². The summed E-state index contributed by atoms with van der Waals surface area (Å²) in [5.41, 5.74) is 0. The lowest BCUT2D eigenvalue weighted by atomic mass is 10.2. The van der Waals surface area contributed by atoms with Gasteiger partial charge in [0.15, 0.2) is 0 Å². The van der Waals surface area contributed by atoms with Crippen molar-refractivity contribution in [1.29, 1.82) is 0 Å². The van der Waals surface area contributed by atoms with Crippen LogP contribution >= 0.6 is 11.8 Å². The molecule has 1 heterocycles. The first kappa shape index (κ1) is 7.16. The molecule has 1 saturated heterocycles. The summed E-state index contributed by atoms with van der Waals surface area (Å²) in [6, 6.07) is 0. The van der Waals surface area contributed by atoms with Gasteiger partial charge in [-0.3, -0.25) is 0 Å². The summed E-state index contributed by atoms with van der Waals surface area (Å²) in [6.45, 7) is 4.61. The summed E-state index contributed by atoms with van der Waals surface area (Å²) in [4.78, 5) is 0. The van der Waals surface area contributed by atoms with Crippen molar-refractivity contribution in [2.75, 3.05) is 12.5 Å². The van der Waals surface area contributed by atoms with Gasteiger partial charge < -0.3 is 4.74 Å². The second kappa shape index (κ2) is 3.96. The third-order valence-electron chi connectivity index (χ3n) is 1.38. The number of allylic oxidation sites excluding steroid dienone is 1. The maximum atomic E-state index is 5.18. The van der Waals surface area contributed by atoms with E-state index in [1.165, 1.54) is 6.42 Å². The van der Waals surface area contributed by atoms with Gasteiger partial charge in [-0.25, -0.2) is 0 Å².